The molecule has 12 heavy (non-hydrogen) atoms. The number of carboxylic acids is 1. The van der Waals surface area contributed by atoms with Crippen molar-refractivity contribution < 1.29 is 19.8 Å². The molecule has 0 radical (unpaired) electrons. The first kappa shape index (κ1) is 10.9. The first-order valence-corrected chi connectivity index (χ1v) is 3.45. The van der Waals surface area contributed by atoms with Crippen LogP contribution in [0.15, 0.2) is 0 Å². The van der Waals surface area contributed by atoms with Crippen molar-refractivity contribution in [2.24, 2.45) is 0 Å². The molecule has 5 nitrogen and oxygen atoms in total. The zero-order valence-corrected chi connectivity index (χ0v) is 7.37. The lowest BCUT2D eigenvalue weighted by atomic mass is 10.1. The standard InChI is InChI=1S/C7H13NO4/c1-7(2,12)4-8(3)5(9)6(10)11/h12H,4H2,1-3H3,(H,10,11). The molecule has 0 aliphatic carbocycles. The number of aliphatic carboxylic acids is 1. The molecule has 0 unspecified atom stereocenters. The molecular weight excluding hydrogens is 162 g/mol. The van der Waals surface area contributed by atoms with E-state index in [9.17, 15) is 14.7 Å². The van der Waals surface area contributed by atoms with Crippen LogP contribution in [0.2, 0.25) is 0 Å². The molecule has 0 aromatic heterocycles. The average molecular weight is 175 g/mol. The molecule has 0 rings (SSSR count). The fraction of sp³-hybridized carbons (Fsp3) is 0.714. The molecular formula is C7H13NO4. The van der Waals surface area contributed by atoms with Gasteiger partial charge in [0.15, 0.2) is 0 Å². The summed E-state index contributed by atoms with van der Waals surface area (Å²) in [7, 11) is 1.33. The molecule has 5 heteroatoms. The van der Waals surface area contributed by atoms with E-state index in [-0.39, 0.29) is 6.54 Å². The lowest BCUT2D eigenvalue weighted by Crippen LogP contribution is -2.42. The number of carbonyl (C=O) groups is 2. The Balaban J connectivity index is 4.14. The highest BCUT2D eigenvalue weighted by molar-refractivity contribution is 6.31. The number of amides is 1. The summed E-state index contributed by atoms with van der Waals surface area (Å²) in [6.45, 7) is 3.00. The van der Waals surface area contributed by atoms with Crippen LogP contribution in [0.25, 0.3) is 0 Å². The predicted molar refractivity (Wildman–Crippen MR) is 41.6 cm³/mol. The Morgan fingerprint density at radius 3 is 2.08 bits per heavy atom. The van der Waals surface area contributed by atoms with Crippen molar-refractivity contribution in [3.63, 3.8) is 0 Å². The van der Waals surface area contributed by atoms with E-state index in [1.54, 1.807) is 0 Å². The van der Waals surface area contributed by atoms with E-state index in [0.29, 0.717) is 0 Å². The van der Waals surface area contributed by atoms with Crippen LogP contribution in [0, 0.1) is 0 Å². The van der Waals surface area contributed by atoms with Gasteiger partial charge < -0.3 is 15.1 Å². The van der Waals surface area contributed by atoms with Crippen LogP contribution in [0.5, 0.6) is 0 Å². The highest BCUT2D eigenvalue weighted by Crippen LogP contribution is 2.02. The monoisotopic (exact) mass is 175 g/mol. The van der Waals surface area contributed by atoms with Gasteiger partial charge in [-0.2, -0.15) is 0 Å². The number of carbonyl (C=O) groups excluding carboxylic acids is 1. The SMILES string of the molecule is CN(CC(C)(C)O)C(=O)C(=O)O. The molecule has 0 heterocycles. The number of likely N-dealkylation sites (N-methyl/N-ethyl adjacent to an activating group) is 1. The van der Waals surface area contributed by atoms with Crippen LogP contribution in [0.3, 0.4) is 0 Å². The summed E-state index contributed by atoms with van der Waals surface area (Å²) in [5.74, 6) is -2.53. The van der Waals surface area contributed by atoms with Gasteiger partial charge in [0, 0.05) is 13.6 Å². The van der Waals surface area contributed by atoms with E-state index >= 15 is 0 Å². The minimum Gasteiger partial charge on any atom is -0.474 e. The zero-order valence-electron chi connectivity index (χ0n) is 7.37. The topological polar surface area (TPSA) is 77.8 Å². The summed E-state index contributed by atoms with van der Waals surface area (Å²) in [6, 6.07) is 0. The number of hydrogen-bond donors (Lipinski definition) is 2. The Morgan fingerprint density at radius 1 is 1.42 bits per heavy atom. The lowest BCUT2D eigenvalue weighted by Gasteiger charge is -2.23. The molecule has 0 spiro atoms. The summed E-state index contributed by atoms with van der Waals surface area (Å²) in [4.78, 5) is 21.9. The minimum absolute atomic E-state index is 0.00185. The number of carboxylic acid groups (broad SMARTS) is 1. The molecule has 2 N–H and O–H groups in total. The van der Waals surface area contributed by atoms with Crippen molar-refractivity contribution in [3.05, 3.63) is 0 Å². The smallest absolute Gasteiger partial charge is 0.394 e. The first-order valence-electron chi connectivity index (χ1n) is 3.45. The van der Waals surface area contributed by atoms with Gasteiger partial charge in [0.2, 0.25) is 0 Å². The lowest BCUT2D eigenvalue weighted by molar-refractivity contribution is -0.156. The van der Waals surface area contributed by atoms with E-state index in [4.69, 9.17) is 5.11 Å². The maximum atomic E-state index is 10.7. The Hall–Kier alpha value is -1.10. The van der Waals surface area contributed by atoms with E-state index < -0.39 is 17.5 Å². The van der Waals surface area contributed by atoms with Crippen molar-refractivity contribution in [3.8, 4) is 0 Å². The van der Waals surface area contributed by atoms with Crippen LogP contribution < -0.4 is 0 Å². The van der Waals surface area contributed by atoms with Crippen LogP contribution in [0.4, 0.5) is 0 Å². The Labute approximate surface area is 70.6 Å². The van der Waals surface area contributed by atoms with Crippen molar-refractivity contribution >= 4 is 11.9 Å². The van der Waals surface area contributed by atoms with Gasteiger partial charge in [-0.3, -0.25) is 4.79 Å². The fourth-order valence-electron chi connectivity index (χ4n) is 0.815. The Morgan fingerprint density at radius 2 is 1.83 bits per heavy atom. The predicted octanol–water partition coefficient (Wildman–Crippen LogP) is -0.700. The molecule has 0 aromatic rings. The maximum absolute atomic E-state index is 10.7. The van der Waals surface area contributed by atoms with Crippen molar-refractivity contribution in [2.75, 3.05) is 13.6 Å². The highest BCUT2D eigenvalue weighted by Gasteiger charge is 2.23. The number of rotatable bonds is 2. The van der Waals surface area contributed by atoms with Gasteiger partial charge in [0.1, 0.15) is 0 Å². The summed E-state index contributed by atoms with van der Waals surface area (Å²) in [5.41, 5.74) is -1.07. The fourth-order valence-corrected chi connectivity index (χ4v) is 0.815. The number of nitrogens with zero attached hydrogens (tertiary/aromatic N) is 1. The second-order valence-corrected chi connectivity index (χ2v) is 3.28. The Kier molecular flexibility index (Phi) is 3.21. The first-order chi connectivity index (χ1) is 5.24. The molecule has 0 aliphatic heterocycles. The second kappa shape index (κ2) is 3.53. The molecule has 1 amide bonds. The van der Waals surface area contributed by atoms with Gasteiger partial charge in [-0.05, 0) is 13.8 Å². The number of hydrogen-bond acceptors (Lipinski definition) is 3. The van der Waals surface area contributed by atoms with Crippen LogP contribution in [-0.2, 0) is 9.59 Å². The van der Waals surface area contributed by atoms with Crippen molar-refractivity contribution in [2.45, 2.75) is 19.4 Å². The molecule has 70 valence electrons. The molecule has 0 aromatic carbocycles. The molecule has 0 fully saturated rings. The van der Waals surface area contributed by atoms with Gasteiger partial charge in [-0.1, -0.05) is 0 Å². The highest BCUT2D eigenvalue weighted by atomic mass is 16.4. The normalized spacial score (nSPS) is 11.0. The van der Waals surface area contributed by atoms with Crippen LogP contribution >= 0.6 is 0 Å². The summed E-state index contributed by atoms with van der Waals surface area (Å²) in [6.07, 6.45) is 0. The summed E-state index contributed by atoms with van der Waals surface area (Å²) in [5, 5.41) is 17.5. The molecule has 0 aliphatic rings. The average Bonchev–Trinajstić information content (AvgIpc) is 1.82. The van der Waals surface area contributed by atoms with E-state index in [1.165, 1.54) is 20.9 Å². The summed E-state index contributed by atoms with van der Waals surface area (Å²) < 4.78 is 0. The Bertz CT molecular complexity index is 194. The minimum atomic E-state index is -1.51. The molecule has 0 saturated heterocycles. The zero-order chi connectivity index (χ0) is 9.94. The third kappa shape index (κ3) is 3.92. The molecule has 0 saturated carbocycles. The molecule has 0 bridgehead atoms. The van der Waals surface area contributed by atoms with Crippen LogP contribution in [0.1, 0.15) is 13.8 Å². The van der Waals surface area contributed by atoms with Crippen molar-refractivity contribution in [1.29, 1.82) is 0 Å². The van der Waals surface area contributed by atoms with Gasteiger partial charge in [0.05, 0.1) is 5.60 Å². The largest absolute Gasteiger partial charge is 0.474 e. The summed E-state index contributed by atoms with van der Waals surface area (Å²) >= 11 is 0. The second-order valence-electron chi connectivity index (χ2n) is 3.28. The number of aliphatic hydroxyl groups is 1. The quantitative estimate of drug-likeness (QED) is 0.544. The van der Waals surface area contributed by atoms with E-state index in [0.717, 1.165) is 4.90 Å². The molecule has 0 atom stereocenters. The van der Waals surface area contributed by atoms with Gasteiger partial charge in [0.25, 0.3) is 0 Å². The third-order valence-electron chi connectivity index (χ3n) is 1.15. The van der Waals surface area contributed by atoms with Gasteiger partial charge in [-0.25, -0.2) is 4.79 Å². The van der Waals surface area contributed by atoms with E-state index in [1.807, 2.05) is 0 Å². The van der Waals surface area contributed by atoms with Gasteiger partial charge >= 0.3 is 11.9 Å². The van der Waals surface area contributed by atoms with Crippen molar-refractivity contribution in [1.82, 2.24) is 4.90 Å². The maximum Gasteiger partial charge on any atom is 0.394 e. The van der Waals surface area contributed by atoms with Gasteiger partial charge in [-0.15, -0.1) is 0 Å². The third-order valence-corrected chi connectivity index (χ3v) is 1.15. The van der Waals surface area contributed by atoms with Crippen LogP contribution in [-0.4, -0.2) is 46.2 Å². The van der Waals surface area contributed by atoms with E-state index in [2.05, 4.69) is 0 Å².